The molecule has 1 aliphatic rings. The molecule has 0 unspecified atom stereocenters. The van der Waals surface area contributed by atoms with E-state index in [4.69, 9.17) is 16.3 Å². The molecular weight excluding hydrogens is 438 g/mol. The molecule has 4 rings (SSSR count). The molecule has 0 saturated carbocycles. The second kappa shape index (κ2) is 9.92. The molecule has 0 bridgehead atoms. The van der Waals surface area contributed by atoms with E-state index in [1.54, 1.807) is 18.4 Å². The Bertz CT molecular complexity index is 996. The van der Waals surface area contributed by atoms with Crippen LogP contribution in [0.2, 0.25) is 4.34 Å². The van der Waals surface area contributed by atoms with Crippen LogP contribution >= 0.6 is 34.3 Å². The zero-order chi connectivity index (χ0) is 20.9. The van der Waals surface area contributed by atoms with Crippen LogP contribution in [-0.4, -0.2) is 42.0 Å². The molecule has 1 fully saturated rings. The molecule has 1 saturated heterocycles. The molecule has 158 valence electrons. The number of amides is 1. The Morgan fingerprint density at radius 2 is 2.13 bits per heavy atom. The van der Waals surface area contributed by atoms with Crippen LogP contribution < -0.4 is 10.1 Å². The summed E-state index contributed by atoms with van der Waals surface area (Å²) in [6.07, 6.45) is 2.25. The highest BCUT2D eigenvalue weighted by atomic mass is 35.5. The fraction of sp³-hybridized carbons (Fsp3) is 0.364. The van der Waals surface area contributed by atoms with Crippen LogP contribution in [0.25, 0.3) is 9.88 Å². The third-order valence-electron chi connectivity index (χ3n) is 5.17. The number of carbonyl (C=O) groups is 1. The fourth-order valence-corrected chi connectivity index (χ4v) is 5.57. The first-order valence-corrected chi connectivity index (χ1v) is 12.0. The molecule has 3 aromatic rings. The molecule has 1 aliphatic heterocycles. The van der Waals surface area contributed by atoms with E-state index in [1.165, 1.54) is 16.9 Å². The van der Waals surface area contributed by atoms with Crippen LogP contribution in [0.5, 0.6) is 5.75 Å². The largest absolute Gasteiger partial charge is 0.497 e. The van der Waals surface area contributed by atoms with Crippen LogP contribution in [-0.2, 0) is 17.8 Å². The quantitative estimate of drug-likeness (QED) is 0.546. The molecule has 2 aromatic heterocycles. The van der Waals surface area contributed by atoms with Gasteiger partial charge in [-0.2, -0.15) is 0 Å². The number of benzene rings is 1. The van der Waals surface area contributed by atoms with Gasteiger partial charge in [-0.05, 0) is 42.7 Å². The Balaban J connectivity index is 1.23. The molecule has 1 amide bonds. The summed E-state index contributed by atoms with van der Waals surface area (Å²) >= 11 is 9.06. The van der Waals surface area contributed by atoms with E-state index in [2.05, 4.69) is 27.3 Å². The normalized spacial score (nSPS) is 15.3. The number of piperidine rings is 1. The first-order chi connectivity index (χ1) is 14.6. The minimum absolute atomic E-state index is 0.0438. The average Bonchev–Trinajstić information content (AvgIpc) is 3.38. The fourth-order valence-electron chi connectivity index (χ4n) is 3.64. The maximum Gasteiger partial charge on any atom is 0.226 e. The summed E-state index contributed by atoms with van der Waals surface area (Å²) in [4.78, 5) is 20.5. The van der Waals surface area contributed by atoms with Gasteiger partial charge in [0, 0.05) is 31.1 Å². The molecule has 0 aliphatic carbocycles. The van der Waals surface area contributed by atoms with Gasteiger partial charge in [0.1, 0.15) is 10.8 Å². The maximum atomic E-state index is 12.5. The predicted octanol–water partition coefficient (Wildman–Crippen LogP) is 4.86. The number of nitrogens with zero attached hydrogens (tertiary/aromatic N) is 2. The Morgan fingerprint density at radius 1 is 1.30 bits per heavy atom. The highest BCUT2D eigenvalue weighted by Gasteiger charge is 2.21. The lowest BCUT2D eigenvalue weighted by molar-refractivity contribution is -0.121. The monoisotopic (exact) mass is 461 g/mol. The number of thiazole rings is 1. The van der Waals surface area contributed by atoms with Gasteiger partial charge in [-0.3, -0.25) is 9.69 Å². The first kappa shape index (κ1) is 21.3. The van der Waals surface area contributed by atoms with Crippen LogP contribution in [0, 0.1) is 0 Å². The van der Waals surface area contributed by atoms with Gasteiger partial charge < -0.3 is 10.1 Å². The number of thiophene rings is 1. The van der Waals surface area contributed by atoms with Crippen LogP contribution in [0.15, 0.2) is 41.8 Å². The van der Waals surface area contributed by atoms with E-state index in [1.807, 2.05) is 29.6 Å². The third-order valence-corrected chi connectivity index (χ3v) is 7.46. The van der Waals surface area contributed by atoms with Crippen molar-refractivity contribution in [1.82, 2.24) is 15.2 Å². The number of hydrogen-bond donors (Lipinski definition) is 1. The number of likely N-dealkylation sites (tertiary alicyclic amines) is 1. The van der Waals surface area contributed by atoms with Crippen LogP contribution in [0.3, 0.4) is 0 Å². The van der Waals surface area contributed by atoms with E-state index in [0.717, 1.165) is 58.1 Å². The second-order valence-electron chi connectivity index (χ2n) is 7.39. The SMILES string of the molecule is COc1cccc(CN2CCC(NC(=O)Cc3csc(-c4ccc(Cl)s4)n3)CC2)c1. The van der Waals surface area contributed by atoms with Gasteiger partial charge in [-0.1, -0.05) is 23.7 Å². The molecule has 1 aromatic carbocycles. The molecule has 3 heterocycles. The summed E-state index contributed by atoms with van der Waals surface area (Å²) in [5, 5.41) is 6.06. The van der Waals surface area contributed by atoms with E-state index in [0.29, 0.717) is 6.42 Å². The van der Waals surface area contributed by atoms with Crippen molar-refractivity contribution in [3.05, 3.63) is 57.4 Å². The van der Waals surface area contributed by atoms with Gasteiger partial charge in [-0.15, -0.1) is 22.7 Å². The maximum absolute atomic E-state index is 12.5. The Kier molecular flexibility index (Phi) is 7.04. The minimum Gasteiger partial charge on any atom is -0.497 e. The molecule has 0 spiro atoms. The van der Waals surface area contributed by atoms with Gasteiger partial charge in [0.15, 0.2) is 0 Å². The molecular formula is C22H24ClN3O2S2. The Hall–Kier alpha value is -1.93. The zero-order valence-corrected chi connectivity index (χ0v) is 19.2. The summed E-state index contributed by atoms with van der Waals surface area (Å²) in [5.41, 5.74) is 2.07. The van der Waals surface area contributed by atoms with Gasteiger partial charge in [0.05, 0.1) is 28.4 Å². The highest BCUT2D eigenvalue weighted by molar-refractivity contribution is 7.23. The van der Waals surface area contributed by atoms with Crippen molar-refractivity contribution in [2.45, 2.75) is 31.8 Å². The molecule has 0 atom stereocenters. The van der Waals surface area contributed by atoms with Crippen LogP contribution in [0.4, 0.5) is 0 Å². The van der Waals surface area contributed by atoms with Crippen molar-refractivity contribution in [3.63, 3.8) is 0 Å². The van der Waals surface area contributed by atoms with E-state index < -0.39 is 0 Å². The molecule has 8 heteroatoms. The lowest BCUT2D eigenvalue weighted by atomic mass is 10.0. The summed E-state index contributed by atoms with van der Waals surface area (Å²) < 4.78 is 6.05. The molecule has 0 radical (unpaired) electrons. The smallest absolute Gasteiger partial charge is 0.226 e. The lowest BCUT2D eigenvalue weighted by Crippen LogP contribution is -2.44. The van der Waals surface area contributed by atoms with Crippen molar-refractivity contribution < 1.29 is 9.53 Å². The standard InChI is InChI=1S/C22H24ClN3O2S2/c1-28-18-4-2-3-15(11-18)13-26-9-7-16(8-10-26)24-21(27)12-17-14-29-22(25-17)19-5-6-20(23)30-19/h2-6,11,14,16H,7-10,12-13H2,1H3,(H,24,27). The van der Waals surface area contributed by atoms with E-state index in [9.17, 15) is 4.79 Å². The Morgan fingerprint density at radius 3 is 2.87 bits per heavy atom. The van der Waals surface area contributed by atoms with E-state index >= 15 is 0 Å². The summed E-state index contributed by atoms with van der Waals surface area (Å²) in [6, 6.07) is 12.3. The predicted molar refractivity (Wildman–Crippen MR) is 124 cm³/mol. The van der Waals surface area contributed by atoms with Gasteiger partial charge in [-0.25, -0.2) is 4.98 Å². The number of hydrogen-bond acceptors (Lipinski definition) is 6. The van der Waals surface area contributed by atoms with Gasteiger partial charge in [0.2, 0.25) is 5.91 Å². The summed E-state index contributed by atoms with van der Waals surface area (Å²) in [5.74, 6) is 0.935. The number of aromatic nitrogens is 1. The van der Waals surface area contributed by atoms with Gasteiger partial charge in [0.25, 0.3) is 0 Å². The highest BCUT2D eigenvalue weighted by Crippen LogP contribution is 2.33. The van der Waals surface area contributed by atoms with Gasteiger partial charge >= 0.3 is 0 Å². The number of carbonyl (C=O) groups excluding carboxylic acids is 1. The first-order valence-electron chi connectivity index (χ1n) is 9.94. The number of methoxy groups -OCH3 is 1. The van der Waals surface area contributed by atoms with Crippen molar-refractivity contribution in [1.29, 1.82) is 0 Å². The zero-order valence-electron chi connectivity index (χ0n) is 16.8. The van der Waals surface area contributed by atoms with Crippen molar-refractivity contribution >= 4 is 40.2 Å². The van der Waals surface area contributed by atoms with Crippen LogP contribution in [0.1, 0.15) is 24.1 Å². The number of nitrogens with one attached hydrogen (secondary N) is 1. The summed E-state index contributed by atoms with van der Waals surface area (Å²) in [7, 11) is 1.69. The Labute approximate surface area is 189 Å². The molecule has 30 heavy (non-hydrogen) atoms. The van der Waals surface area contributed by atoms with E-state index in [-0.39, 0.29) is 11.9 Å². The number of rotatable bonds is 7. The van der Waals surface area contributed by atoms with Crippen molar-refractivity contribution in [2.24, 2.45) is 0 Å². The average molecular weight is 462 g/mol. The third kappa shape index (κ3) is 5.60. The molecule has 1 N–H and O–H groups in total. The topological polar surface area (TPSA) is 54.5 Å². The number of ether oxygens (including phenoxy) is 1. The molecule has 5 nitrogen and oxygen atoms in total. The van der Waals surface area contributed by atoms with Crippen molar-refractivity contribution in [3.8, 4) is 15.6 Å². The summed E-state index contributed by atoms with van der Waals surface area (Å²) in [6.45, 7) is 2.86. The second-order valence-corrected chi connectivity index (χ2v) is 9.97. The number of halogens is 1. The minimum atomic E-state index is 0.0438. The lowest BCUT2D eigenvalue weighted by Gasteiger charge is -2.32. The van der Waals surface area contributed by atoms with Crippen molar-refractivity contribution in [2.75, 3.05) is 20.2 Å².